The van der Waals surface area contributed by atoms with E-state index in [4.69, 9.17) is 15.0 Å². The van der Waals surface area contributed by atoms with Crippen LogP contribution in [0, 0.1) is 6.92 Å². The van der Waals surface area contributed by atoms with Crippen LogP contribution in [0.25, 0.3) is 11.5 Å². The predicted molar refractivity (Wildman–Crippen MR) is 75.5 cm³/mol. The lowest BCUT2D eigenvalue weighted by atomic mass is 10.2. The van der Waals surface area contributed by atoms with Crippen LogP contribution in [0.3, 0.4) is 0 Å². The smallest absolute Gasteiger partial charge is 0.257 e. The van der Waals surface area contributed by atoms with E-state index in [1.54, 1.807) is 31.2 Å². The van der Waals surface area contributed by atoms with Crippen LogP contribution < -0.4 is 10.5 Å². The maximum absolute atomic E-state index is 12.3. The van der Waals surface area contributed by atoms with Gasteiger partial charge < -0.3 is 15.0 Å². The van der Waals surface area contributed by atoms with Crippen molar-refractivity contribution in [1.29, 1.82) is 0 Å². The molecular weight excluding hydrogens is 285 g/mol. The number of aromatic nitrogens is 2. The van der Waals surface area contributed by atoms with Crippen molar-refractivity contribution < 1.29 is 13.7 Å². The van der Waals surface area contributed by atoms with Gasteiger partial charge in [-0.25, -0.2) is 4.39 Å². The molecule has 2 aromatic rings. The second-order valence-corrected chi connectivity index (χ2v) is 3.93. The molecule has 20 heavy (non-hydrogen) atoms. The largest absolute Gasteiger partial charge is 0.489 e. The Morgan fingerprint density at radius 3 is 2.60 bits per heavy atom. The highest BCUT2D eigenvalue weighted by Gasteiger charge is 2.06. The molecule has 0 aliphatic carbocycles. The SMILES string of the molecule is Cc1noc(-c2ccc(OC/C(=C/F)CN)cc2)n1.Cl. The van der Waals surface area contributed by atoms with E-state index in [-0.39, 0.29) is 25.6 Å². The minimum atomic E-state index is 0. The Morgan fingerprint density at radius 1 is 1.40 bits per heavy atom. The number of nitrogens with zero attached hydrogens (tertiary/aromatic N) is 2. The third-order valence-electron chi connectivity index (χ3n) is 2.47. The number of benzene rings is 1. The van der Waals surface area contributed by atoms with Crippen LogP contribution in [0.4, 0.5) is 4.39 Å². The first-order chi connectivity index (χ1) is 9.22. The van der Waals surface area contributed by atoms with Gasteiger partial charge in [-0.05, 0) is 31.2 Å². The average molecular weight is 300 g/mol. The van der Waals surface area contributed by atoms with Gasteiger partial charge in [0.15, 0.2) is 5.82 Å². The van der Waals surface area contributed by atoms with E-state index in [1.165, 1.54) is 0 Å². The molecule has 0 radical (unpaired) electrons. The highest BCUT2D eigenvalue weighted by molar-refractivity contribution is 5.85. The van der Waals surface area contributed by atoms with Crippen molar-refractivity contribution in [3.8, 4) is 17.2 Å². The van der Waals surface area contributed by atoms with Crippen molar-refractivity contribution in [3.63, 3.8) is 0 Å². The van der Waals surface area contributed by atoms with Crippen LogP contribution in [0.15, 0.2) is 40.7 Å². The fourth-order valence-corrected chi connectivity index (χ4v) is 1.42. The van der Waals surface area contributed by atoms with E-state index < -0.39 is 0 Å². The summed E-state index contributed by atoms with van der Waals surface area (Å²) >= 11 is 0. The van der Waals surface area contributed by atoms with Gasteiger partial charge in [-0.15, -0.1) is 12.4 Å². The van der Waals surface area contributed by atoms with Gasteiger partial charge in [0.05, 0.1) is 6.33 Å². The molecule has 5 nitrogen and oxygen atoms in total. The molecule has 1 heterocycles. The quantitative estimate of drug-likeness (QED) is 0.918. The molecule has 0 saturated carbocycles. The molecule has 0 unspecified atom stereocenters. The Labute approximate surface area is 122 Å². The number of halogens is 2. The molecule has 2 N–H and O–H groups in total. The second-order valence-electron chi connectivity index (χ2n) is 3.93. The minimum Gasteiger partial charge on any atom is -0.489 e. The van der Waals surface area contributed by atoms with Gasteiger partial charge in [-0.1, -0.05) is 5.16 Å². The summed E-state index contributed by atoms with van der Waals surface area (Å²) in [7, 11) is 0. The first-order valence-corrected chi connectivity index (χ1v) is 5.74. The van der Waals surface area contributed by atoms with Gasteiger partial charge in [0.25, 0.3) is 5.89 Å². The Balaban J connectivity index is 0.00000200. The van der Waals surface area contributed by atoms with E-state index in [0.29, 0.717) is 29.4 Å². The third kappa shape index (κ3) is 4.04. The molecule has 108 valence electrons. The molecule has 0 aliphatic heterocycles. The third-order valence-corrected chi connectivity index (χ3v) is 2.47. The van der Waals surface area contributed by atoms with Crippen molar-refractivity contribution in [3.05, 3.63) is 42.0 Å². The monoisotopic (exact) mass is 299 g/mol. The predicted octanol–water partition coefficient (Wildman–Crippen LogP) is 2.66. The summed E-state index contributed by atoms with van der Waals surface area (Å²) < 4.78 is 22.7. The van der Waals surface area contributed by atoms with E-state index in [9.17, 15) is 4.39 Å². The molecule has 7 heteroatoms. The van der Waals surface area contributed by atoms with Crippen molar-refractivity contribution >= 4 is 12.4 Å². The first kappa shape index (κ1) is 16.1. The van der Waals surface area contributed by atoms with Crippen LogP contribution in [0.1, 0.15) is 5.82 Å². The van der Waals surface area contributed by atoms with Gasteiger partial charge in [0.1, 0.15) is 12.4 Å². The molecule has 0 spiro atoms. The van der Waals surface area contributed by atoms with E-state index in [2.05, 4.69) is 10.1 Å². The lowest BCUT2D eigenvalue weighted by molar-refractivity contribution is 0.347. The van der Waals surface area contributed by atoms with Crippen LogP contribution in [-0.4, -0.2) is 23.3 Å². The molecule has 0 aliphatic rings. The lowest BCUT2D eigenvalue weighted by Crippen LogP contribution is -2.10. The van der Waals surface area contributed by atoms with Crippen molar-refractivity contribution in [2.45, 2.75) is 6.92 Å². The number of hydrogen-bond acceptors (Lipinski definition) is 5. The zero-order valence-electron chi connectivity index (χ0n) is 10.9. The second kappa shape index (κ2) is 7.62. The Hall–Kier alpha value is -1.92. The number of aryl methyl sites for hydroxylation is 1. The first-order valence-electron chi connectivity index (χ1n) is 5.74. The standard InChI is InChI=1S/C13H14FN3O2.ClH/c1-9-16-13(19-17-9)11-2-4-12(5-3-11)18-8-10(6-14)7-15;/h2-6H,7-8,15H2,1H3;1H/b10-6+;. The molecule has 0 bridgehead atoms. The highest BCUT2D eigenvalue weighted by Crippen LogP contribution is 2.21. The summed E-state index contributed by atoms with van der Waals surface area (Å²) in [5, 5.41) is 3.72. The van der Waals surface area contributed by atoms with Crippen LogP contribution >= 0.6 is 12.4 Å². The van der Waals surface area contributed by atoms with Gasteiger partial charge >= 0.3 is 0 Å². The summed E-state index contributed by atoms with van der Waals surface area (Å²) in [6.07, 6.45) is 0.468. The maximum Gasteiger partial charge on any atom is 0.257 e. The molecule has 2 rings (SSSR count). The van der Waals surface area contributed by atoms with E-state index in [0.717, 1.165) is 5.56 Å². The van der Waals surface area contributed by atoms with Crippen molar-refractivity contribution in [1.82, 2.24) is 10.1 Å². The number of nitrogens with two attached hydrogens (primary N) is 1. The summed E-state index contributed by atoms with van der Waals surface area (Å²) in [5.41, 5.74) is 6.53. The van der Waals surface area contributed by atoms with Gasteiger partial charge in [0, 0.05) is 17.7 Å². The molecule has 0 saturated heterocycles. The fraction of sp³-hybridized carbons (Fsp3) is 0.231. The Bertz CT molecular complexity index is 569. The van der Waals surface area contributed by atoms with Crippen LogP contribution in [0.5, 0.6) is 5.75 Å². The molecular formula is C13H15ClFN3O2. The Kier molecular flexibility index (Phi) is 6.14. The van der Waals surface area contributed by atoms with E-state index >= 15 is 0 Å². The van der Waals surface area contributed by atoms with Crippen LogP contribution in [-0.2, 0) is 0 Å². The number of rotatable bonds is 5. The van der Waals surface area contributed by atoms with Crippen LogP contribution in [0.2, 0.25) is 0 Å². The minimum absolute atomic E-state index is 0. The Morgan fingerprint density at radius 2 is 2.10 bits per heavy atom. The number of hydrogen-bond donors (Lipinski definition) is 1. The molecule has 0 fully saturated rings. The highest BCUT2D eigenvalue weighted by atomic mass is 35.5. The van der Waals surface area contributed by atoms with Crippen molar-refractivity contribution in [2.24, 2.45) is 5.73 Å². The van der Waals surface area contributed by atoms with Gasteiger partial charge in [-0.3, -0.25) is 0 Å². The van der Waals surface area contributed by atoms with Gasteiger partial charge in [-0.2, -0.15) is 4.98 Å². The summed E-state index contributed by atoms with van der Waals surface area (Å²) in [6.45, 7) is 2.02. The summed E-state index contributed by atoms with van der Waals surface area (Å²) in [4.78, 5) is 4.12. The average Bonchev–Trinajstić information content (AvgIpc) is 2.87. The zero-order valence-corrected chi connectivity index (χ0v) is 11.7. The summed E-state index contributed by atoms with van der Waals surface area (Å²) in [5.74, 6) is 1.65. The zero-order chi connectivity index (χ0) is 13.7. The van der Waals surface area contributed by atoms with Gasteiger partial charge in [0.2, 0.25) is 0 Å². The van der Waals surface area contributed by atoms with Crippen molar-refractivity contribution in [2.75, 3.05) is 13.2 Å². The normalized spacial score (nSPS) is 11.1. The molecule has 0 atom stereocenters. The van der Waals surface area contributed by atoms with E-state index in [1.807, 2.05) is 0 Å². The topological polar surface area (TPSA) is 74.2 Å². The fourth-order valence-electron chi connectivity index (χ4n) is 1.42. The number of ether oxygens (including phenoxy) is 1. The molecule has 1 aromatic carbocycles. The lowest BCUT2D eigenvalue weighted by Gasteiger charge is -2.07. The summed E-state index contributed by atoms with van der Waals surface area (Å²) in [6, 6.07) is 7.09. The molecule has 0 amide bonds. The molecule has 1 aromatic heterocycles. The maximum atomic E-state index is 12.3.